The largest absolute Gasteiger partial charge is 0.367 e. The van der Waals surface area contributed by atoms with Crippen molar-refractivity contribution in [2.45, 2.75) is 25.4 Å². The van der Waals surface area contributed by atoms with Crippen LogP contribution in [0.3, 0.4) is 0 Å². The van der Waals surface area contributed by atoms with Crippen LogP contribution in [0.5, 0.6) is 0 Å². The zero-order valence-electron chi connectivity index (χ0n) is 15.8. The fourth-order valence-electron chi connectivity index (χ4n) is 4.34. The third-order valence-corrected chi connectivity index (χ3v) is 5.77. The number of rotatable bonds is 2. The van der Waals surface area contributed by atoms with Crippen molar-refractivity contribution in [3.8, 4) is 11.4 Å². The monoisotopic (exact) mass is 374 g/mol. The average molecular weight is 374 g/mol. The Morgan fingerprint density at radius 3 is 2.79 bits per heavy atom. The van der Waals surface area contributed by atoms with Crippen molar-refractivity contribution in [3.05, 3.63) is 71.0 Å². The molecule has 6 nitrogen and oxygen atoms in total. The molecule has 1 saturated heterocycles. The van der Waals surface area contributed by atoms with Gasteiger partial charge >= 0.3 is 0 Å². The predicted octanol–water partition coefficient (Wildman–Crippen LogP) is 3.09. The molecule has 1 unspecified atom stereocenters. The van der Waals surface area contributed by atoms with Gasteiger partial charge in [0.05, 0.1) is 13.2 Å². The number of amides is 1. The van der Waals surface area contributed by atoms with Gasteiger partial charge in [0.2, 0.25) is 0 Å². The zero-order chi connectivity index (χ0) is 19.1. The zero-order valence-corrected chi connectivity index (χ0v) is 15.8. The summed E-state index contributed by atoms with van der Waals surface area (Å²) in [6.45, 7) is 3.65. The Labute approximate surface area is 163 Å². The Morgan fingerprint density at radius 1 is 1.18 bits per heavy atom. The molecular formula is C22H22N4O2. The normalized spacial score (nSPS) is 21.1. The molecule has 5 rings (SSSR count). The van der Waals surface area contributed by atoms with Crippen LogP contribution >= 0.6 is 0 Å². The highest BCUT2D eigenvalue weighted by Crippen LogP contribution is 2.42. The molecule has 2 aliphatic rings. The minimum absolute atomic E-state index is 0.0461. The highest BCUT2D eigenvalue weighted by atomic mass is 16.5. The van der Waals surface area contributed by atoms with Crippen LogP contribution in [0.25, 0.3) is 11.4 Å². The SMILES string of the molecule is Cc1nc(-c2ccc(C(=O)N3CCOC4(CCc5ccccc54)C3)cc2)n[nH]1. The molecule has 3 aromatic rings. The van der Waals surface area contributed by atoms with E-state index in [-0.39, 0.29) is 11.5 Å². The summed E-state index contributed by atoms with van der Waals surface area (Å²) in [4.78, 5) is 19.4. The van der Waals surface area contributed by atoms with E-state index < -0.39 is 0 Å². The fourth-order valence-corrected chi connectivity index (χ4v) is 4.34. The van der Waals surface area contributed by atoms with Gasteiger partial charge in [0.25, 0.3) is 5.91 Å². The first kappa shape index (κ1) is 17.1. The van der Waals surface area contributed by atoms with Crippen LogP contribution in [-0.2, 0) is 16.8 Å². The second-order valence-electron chi connectivity index (χ2n) is 7.55. The van der Waals surface area contributed by atoms with Crippen molar-refractivity contribution in [3.63, 3.8) is 0 Å². The predicted molar refractivity (Wildman–Crippen MR) is 105 cm³/mol. The van der Waals surface area contributed by atoms with Gasteiger partial charge in [0.1, 0.15) is 11.4 Å². The number of hydrogen-bond donors (Lipinski definition) is 1. The number of benzene rings is 2. The lowest BCUT2D eigenvalue weighted by Gasteiger charge is -2.41. The van der Waals surface area contributed by atoms with E-state index in [1.807, 2.05) is 36.1 Å². The van der Waals surface area contributed by atoms with E-state index in [4.69, 9.17) is 4.74 Å². The first-order chi connectivity index (χ1) is 13.6. The Balaban J connectivity index is 1.37. The molecule has 1 aromatic heterocycles. The van der Waals surface area contributed by atoms with Crippen LogP contribution in [0.15, 0.2) is 48.5 Å². The number of nitrogens with zero attached hydrogens (tertiary/aromatic N) is 3. The maximum Gasteiger partial charge on any atom is 0.254 e. The summed E-state index contributed by atoms with van der Waals surface area (Å²) in [6, 6.07) is 15.9. The topological polar surface area (TPSA) is 71.1 Å². The number of nitrogens with one attached hydrogen (secondary N) is 1. The summed E-state index contributed by atoms with van der Waals surface area (Å²) in [5.41, 5.74) is 3.79. The van der Waals surface area contributed by atoms with Crippen LogP contribution in [0.1, 0.15) is 33.7 Å². The lowest BCUT2D eigenvalue weighted by Crippen LogP contribution is -2.51. The average Bonchev–Trinajstić information content (AvgIpc) is 3.32. The summed E-state index contributed by atoms with van der Waals surface area (Å²) < 4.78 is 6.23. The smallest absolute Gasteiger partial charge is 0.254 e. The van der Waals surface area contributed by atoms with Crippen LogP contribution in [0.4, 0.5) is 0 Å². The number of fused-ring (bicyclic) bond motifs is 2. The van der Waals surface area contributed by atoms with Gasteiger partial charge in [-0.2, -0.15) is 5.10 Å². The van der Waals surface area contributed by atoms with Crippen molar-refractivity contribution in [2.75, 3.05) is 19.7 Å². The first-order valence-electron chi connectivity index (χ1n) is 9.66. The van der Waals surface area contributed by atoms with Gasteiger partial charge in [0, 0.05) is 17.7 Å². The van der Waals surface area contributed by atoms with Gasteiger partial charge in [-0.05, 0) is 43.0 Å². The van der Waals surface area contributed by atoms with E-state index in [1.165, 1.54) is 11.1 Å². The van der Waals surface area contributed by atoms with Crippen LogP contribution in [-0.4, -0.2) is 45.7 Å². The molecule has 6 heteroatoms. The van der Waals surface area contributed by atoms with Crippen molar-refractivity contribution in [2.24, 2.45) is 0 Å². The van der Waals surface area contributed by atoms with Crippen molar-refractivity contribution < 1.29 is 9.53 Å². The Bertz CT molecular complexity index is 1020. The molecule has 1 aliphatic heterocycles. The number of hydrogen-bond acceptors (Lipinski definition) is 4. The quantitative estimate of drug-likeness (QED) is 0.748. The van der Waals surface area contributed by atoms with E-state index in [1.54, 1.807) is 0 Å². The van der Waals surface area contributed by atoms with E-state index in [9.17, 15) is 4.79 Å². The van der Waals surface area contributed by atoms with E-state index in [0.717, 1.165) is 24.2 Å². The van der Waals surface area contributed by atoms with Crippen molar-refractivity contribution in [1.29, 1.82) is 0 Å². The first-order valence-corrected chi connectivity index (χ1v) is 9.66. The standard InChI is InChI=1S/C22H22N4O2/c1-15-23-20(25-24-15)17-6-8-18(9-7-17)21(27)26-12-13-28-22(14-26)11-10-16-4-2-3-5-19(16)22/h2-9H,10-14H2,1H3,(H,23,24,25). The van der Waals surface area contributed by atoms with Crippen LogP contribution in [0, 0.1) is 6.92 Å². The molecule has 2 aromatic carbocycles. The molecule has 1 atom stereocenters. The molecule has 142 valence electrons. The van der Waals surface area contributed by atoms with Gasteiger partial charge in [-0.1, -0.05) is 36.4 Å². The second kappa shape index (κ2) is 6.56. The highest BCUT2D eigenvalue weighted by Gasteiger charge is 2.44. The lowest BCUT2D eigenvalue weighted by molar-refractivity contribution is -0.103. The molecule has 0 radical (unpaired) electrons. The second-order valence-corrected chi connectivity index (χ2v) is 7.55. The summed E-state index contributed by atoms with van der Waals surface area (Å²) in [7, 11) is 0. The Morgan fingerprint density at radius 2 is 2.00 bits per heavy atom. The van der Waals surface area contributed by atoms with Gasteiger partial charge < -0.3 is 9.64 Å². The van der Waals surface area contributed by atoms with E-state index in [2.05, 4.69) is 39.4 Å². The third kappa shape index (κ3) is 2.81. The molecular weight excluding hydrogens is 352 g/mol. The van der Waals surface area contributed by atoms with Crippen LogP contribution in [0.2, 0.25) is 0 Å². The van der Waals surface area contributed by atoms with Gasteiger partial charge in [-0.25, -0.2) is 4.98 Å². The Hall–Kier alpha value is -2.99. The lowest BCUT2D eigenvalue weighted by atomic mass is 9.93. The molecule has 2 heterocycles. The Kier molecular flexibility index (Phi) is 4.02. The maximum absolute atomic E-state index is 13.1. The molecule has 0 saturated carbocycles. The molecule has 1 amide bonds. The number of ether oxygens (including phenoxy) is 1. The third-order valence-electron chi connectivity index (χ3n) is 5.77. The van der Waals surface area contributed by atoms with E-state index >= 15 is 0 Å². The fraction of sp³-hybridized carbons (Fsp3) is 0.318. The summed E-state index contributed by atoms with van der Waals surface area (Å²) in [6.07, 6.45) is 1.93. The van der Waals surface area contributed by atoms with Crippen molar-refractivity contribution in [1.82, 2.24) is 20.1 Å². The molecule has 1 fully saturated rings. The number of H-pyrrole nitrogens is 1. The number of morpholine rings is 1. The maximum atomic E-state index is 13.1. The van der Waals surface area contributed by atoms with Gasteiger partial charge in [-0.3, -0.25) is 9.89 Å². The van der Waals surface area contributed by atoms with Gasteiger partial charge in [-0.15, -0.1) is 0 Å². The van der Waals surface area contributed by atoms with E-state index in [0.29, 0.717) is 31.1 Å². The summed E-state index contributed by atoms with van der Waals surface area (Å²) in [5, 5.41) is 7.01. The molecule has 28 heavy (non-hydrogen) atoms. The number of aryl methyl sites for hydroxylation is 2. The number of aromatic amines is 1. The minimum atomic E-state index is -0.360. The highest BCUT2D eigenvalue weighted by molar-refractivity contribution is 5.94. The van der Waals surface area contributed by atoms with Crippen molar-refractivity contribution >= 4 is 5.91 Å². The van der Waals surface area contributed by atoms with Crippen LogP contribution < -0.4 is 0 Å². The molecule has 1 spiro atoms. The number of aromatic nitrogens is 3. The number of carbonyl (C=O) groups is 1. The van der Waals surface area contributed by atoms with Gasteiger partial charge in [0.15, 0.2) is 5.82 Å². The number of carbonyl (C=O) groups excluding carboxylic acids is 1. The molecule has 1 aliphatic carbocycles. The molecule has 1 N–H and O–H groups in total. The summed E-state index contributed by atoms with van der Waals surface area (Å²) >= 11 is 0. The molecule has 0 bridgehead atoms. The summed E-state index contributed by atoms with van der Waals surface area (Å²) in [5.74, 6) is 1.46. The minimum Gasteiger partial charge on any atom is -0.367 e.